The van der Waals surface area contributed by atoms with Gasteiger partial charge in [-0.3, -0.25) is 9.89 Å². The fraction of sp³-hybridized carbons (Fsp3) is 0.522. The van der Waals surface area contributed by atoms with Crippen molar-refractivity contribution in [2.24, 2.45) is 17.3 Å². The van der Waals surface area contributed by atoms with Crippen LogP contribution in [0.5, 0.6) is 0 Å². The zero-order chi connectivity index (χ0) is 20.6. The molecule has 0 bridgehead atoms. The summed E-state index contributed by atoms with van der Waals surface area (Å²) in [6.45, 7) is 5.59. The van der Waals surface area contributed by atoms with E-state index in [2.05, 4.69) is 28.2 Å². The van der Waals surface area contributed by atoms with Crippen LogP contribution in [0.25, 0.3) is 22.6 Å². The Labute approximate surface area is 175 Å². The zero-order valence-corrected chi connectivity index (χ0v) is 17.7. The van der Waals surface area contributed by atoms with Crippen molar-refractivity contribution >= 4 is 22.6 Å². The second-order valence-electron chi connectivity index (χ2n) is 9.66. The molecule has 2 aliphatic carbocycles. The number of nitrogens with zero attached hydrogens (tertiary/aromatic N) is 3. The maximum absolute atomic E-state index is 12.9. The lowest BCUT2D eigenvalue weighted by molar-refractivity contribution is -0.122. The minimum Gasteiger partial charge on any atom is -0.381 e. The number of imidazole rings is 1. The molecule has 1 amide bonds. The van der Waals surface area contributed by atoms with Crippen LogP contribution in [0, 0.1) is 24.2 Å². The highest BCUT2D eigenvalue weighted by Gasteiger charge is 2.53. The molecule has 2 N–H and O–H groups in total. The van der Waals surface area contributed by atoms with E-state index in [-0.39, 0.29) is 11.8 Å². The first-order valence-corrected chi connectivity index (χ1v) is 10.8. The Kier molecular flexibility index (Phi) is 3.73. The highest BCUT2D eigenvalue weighted by atomic mass is 16.5. The Morgan fingerprint density at radius 3 is 3.03 bits per heavy atom. The van der Waals surface area contributed by atoms with Gasteiger partial charge in [-0.1, -0.05) is 6.92 Å². The second kappa shape index (κ2) is 6.17. The maximum atomic E-state index is 12.9. The van der Waals surface area contributed by atoms with Gasteiger partial charge in [0.05, 0.1) is 23.6 Å². The standard InChI is InChI=1S/C23H27N5O2/c1-12-6-16-17(8-19(12)28(3)22(29)13-4-5-30-11-13)25-21(24-16)20-15-7-14-9-23(14,2)10-18(15)26-27-20/h6,8,13-14H,4-5,7,9-11H2,1-3H3,(H,24,25)(H,26,27)/t13-,14+,23+/m0/s1. The molecule has 0 spiro atoms. The molecule has 3 atom stereocenters. The number of fused-ring (bicyclic) bond motifs is 3. The summed E-state index contributed by atoms with van der Waals surface area (Å²) in [5.41, 5.74) is 7.78. The van der Waals surface area contributed by atoms with Gasteiger partial charge in [-0.15, -0.1) is 0 Å². The first kappa shape index (κ1) is 18.1. The number of hydrogen-bond acceptors (Lipinski definition) is 4. The summed E-state index contributed by atoms with van der Waals surface area (Å²) in [5, 5.41) is 7.88. The molecule has 3 heterocycles. The van der Waals surface area contributed by atoms with E-state index in [0.717, 1.165) is 59.0 Å². The van der Waals surface area contributed by atoms with Crippen LogP contribution >= 0.6 is 0 Å². The van der Waals surface area contributed by atoms with E-state index in [9.17, 15) is 4.79 Å². The average molecular weight is 406 g/mol. The molecule has 1 aromatic carbocycles. The average Bonchev–Trinajstić information content (AvgIpc) is 3.18. The zero-order valence-electron chi connectivity index (χ0n) is 17.7. The van der Waals surface area contributed by atoms with Gasteiger partial charge in [-0.2, -0.15) is 5.10 Å². The quantitative estimate of drug-likeness (QED) is 0.699. The van der Waals surface area contributed by atoms with Crippen molar-refractivity contribution in [2.75, 3.05) is 25.2 Å². The lowest BCUT2D eigenvalue weighted by Gasteiger charge is -2.22. The molecule has 1 aliphatic heterocycles. The second-order valence-corrected chi connectivity index (χ2v) is 9.66. The molecule has 3 aromatic rings. The Balaban J connectivity index is 1.35. The fourth-order valence-electron chi connectivity index (χ4n) is 5.40. The van der Waals surface area contributed by atoms with Crippen molar-refractivity contribution < 1.29 is 9.53 Å². The molecule has 0 unspecified atom stereocenters. The lowest BCUT2D eigenvalue weighted by atomic mass is 9.88. The normalized spacial score (nSPS) is 27.2. The molecule has 1 saturated carbocycles. The van der Waals surface area contributed by atoms with Gasteiger partial charge in [0.2, 0.25) is 5.91 Å². The molecule has 2 aromatic heterocycles. The number of aryl methyl sites for hydroxylation is 1. The van der Waals surface area contributed by atoms with Crippen LogP contribution in [0.15, 0.2) is 12.1 Å². The van der Waals surface area contributed by atoms with Crippen molar-refractivity contribution in [3.8, 4) is 11.5 Å². The number of carbonyl (C=O) groups is 1. The summed E-state index contributed by atoms with van der Waals surface area (Å²) in [7, 11) is 1.85. The minimum atomic E-state index is -0.0523. The third-order valence-corrected chi connectivity index (χ3v) is 7.52. The van der Waals surface area contributed by atoms with Gasteiger partial charge in [0.25, 0.3) is 0 Å². The number of aromatic amines is 2. The number of anilines is 1. The predicted octanol–water partition coefficient (Wildman–Crippen LogP) is 3.39. The summed E-state index contributed by atoms with van der Waals surface area (Å²) in [6, 6.07) is 4.09. The predicted molar refractivity (Wildman–Crippen MR) is 114 cm³/mol. The summed E-state index contributed by atoms with van der Waals surface area (Å²) >= 11 is 0. The van der Waals surface area contributed by atoms with Gasteiger partial charge in [0.15, 0.2) is 5.82 Å². The molecular formula is C23H27N5O2. The van der Waals surface area contributed by atoms with Crippen molar-refractivity contribution in [1.82, 2.24) is 20.2 Å². The third-order valence-electron chi connectivity index (χ3n) is 7.52. The van der Waals surface area contributed by atoms with Gasteiger partial charge >= 0.3 is 0 Å². The maximum Gasteiger partial charge on any atom is 0.232 e. The minimum absolute atomic E-state index is 0.0523. The van der Waals surface area contributed by atoms with Crippen molar-refractivity contribution in [1.29, 1.82) is 0 Å². The van der Waals surface area contributed by atoms with Crippen LogP contribution in [-0.4, -0.2) is 46.3 Å². The molecule has 6 rings (SSSR count). The smallest absolute Gasteiger partial charge is 0.232 e. The summed E-state index contributed by atoms with van der Waals surface area (Å²) < 4.78 is 5.40. The molecule has 0 radical (unpaired) electrons. The van der Waals surface area contributed by atoms with E-state index < -0.39 is 0 Å². The number of amides is 1. The van der Waals surface area contributed by atoms with Crippen molar-refractivity contribution in [3.05, 3.63) is 29.0 Å². The molecular weight excluding hydrogens is 378 g/mol. The Morgan fingerprint density at radius 1 is 1.37 bits per heavy atom. The summed E-state index contributed by atoms with van der Waals surface area (Å²) in [6.07, 6.45) is 4.27. The Morgan fingerprint density at radius 2 is 2.23 bits per heavy atom. The third kappa shape index (κ3) is 2.64. The SMILES string of the molecule is Cc1cc2[nH]c(-c3n[nH]c4c3C[C@@H]3C[C@]3(C)C4)nc2cc1N(C)C(=O)[C@H]1CCOC1. The number of rotatable bonds is 3. The van der Waals surface area contributed by atoms with Gasteiger partial charge in [-0.05, 0) is 61.6 Å². The van der Waals surface area contributed by atoms with Gasteiger partial charge in [0.1, 0.15) is 5.69 Å². The van der Waals surface area contributed by atoms with Crippen LogP contribution in [0.2, 0.25) is 0 Å². The Bertz CT molecular complexity index is 1170. The lowest BCUT2D eigenvalue weighted by Crippen LogP contribution is -2.33. The van der Waals surface area contributed by atoms with Crippen LogP contribution in [-0.2, 0) is 22.4 Å². The number of ether oxygens (including phenoxy) is 1. The number of aromatic nitrogens is 4. The summed E-state index contributed by atoms with van der Waals surface area (Å²) in [4.78, 5) is 22.9. The van der Waals surface area contributed by atoms with E-state index >= 15 is 0 Å². The molecule has 1 saturated heterocycles. The van der Waals surface area contributed by atoms with Gasteiger partial charge in [-0.25, -0.2) is 4.98 Å². The largest absolute Gasteiger partial charge is 0.381 e. The van der Waals surface area contributed by atoms with Gasteiger partial charge in [0, 0.05) is 30.6 Å². The van der Waals surface area contributed by atoms with E-state index in [4.69, 9.17) is 9.72 Å². The van der Waals surface area contributed by atoms with Crippen LogP contribution in [0.1, 0.15) is 36.6 Å². The molecule has 156 valence electrons. The highest BCUT2D eigenvalue weighted by molar-refractivity contribution is 5.97. The number of carbonyl (C=O) groups excluding carboxylic acids is 1. The molecule has 3 aliphatic rings. The molecule has 7 heteroatoms. The van der Waals surface area contributed by atoms with Crippen LogP contribution < -0.4 is 4.90 Å². The van der Waals surface area contributed by atoms with Crippen molar-refractivity contribution in [2.45, 2.75) is 39.5 Å². The monoisotopic (exact) mass is 405 g/mol. The first-order valence-electron chi connectivity index (χ1n) is 10.8. The number of H-pyrrole nitrogens is 2. The van der Waals surface area contributed by atoms with Crippen molar-refractivity contribution in [3.63, 3.8) is 0 Å². The van der Waals surface area contributed by atoms with E-state index in [1.54, 1.807) is 4.90 Å². The number of hydrogen-bond donors (Lipinski definition) is 2. The number of nitrogens with one attached hydrogen (secondary N) is 2. The van der Waals surface area contributed by atoms with E-state index in [0.29, 0.717) is 18.6 Å². The van der Waals surface area contributed by atoms with Crippen LogP contribution in [0.3, 0.4) is 0 Å². The van der Waals surface area contributed by atoms with Crippen LogP contribution in [0.4, 0.5) is 5.69 Å². The van der Waals surface area contributed by atoms with E-state index in [1.165, 1.54) is 17.7 Å². The first-order chi connectivity index (χ1) is 14.4. The fourth-order valence-corrected chi connectivity index (χ4v) is 5.40. The number of benzene rings is 1. The van der Waals surface area contributed by atoms with E-state index in [1.807, 2.05) is 20.0 Å². The van der Waals surface area contributed by atoms with Gasteiger partial charge < -0.3 is 14.6 Å². The highest BCUT2D eigenvalue weighted by Crippen LogP contribution is 2.59. The summed E-state index contributed by atoms with van der Waals surface area (Å²) in [5.74, 6) is 1.64. The molecule has 30 heavy (non-hydrogen) atoms. The molecule has 7 nitrogen and oxygen atoms in total. The Hall–Kier alpha value is -2.67. The topological polar surface area (TPSA) is 86.9 Å². The molecule has 2 fully saturated rings.